The molecule has 2 fully saturated rings. The van der Waals surface area contributed by atoms with Gasteiger partial charge in [-0.25, -0.2) is 0 Å². The van der Waals surface area contributed by atoms with Gasteiger partial charge in [-0.2, -0.15) is 0 Å². The van der Waals surface area contributed by atoms with Crippen LogP contribution in [0.3, 0.4) is 0 Å². The van der Waals surface area contributed by atoms with Crippen LogP contribution in [0, 0.1) is 0 Å². The fourth-order valence-corrected chi connectivity index (χ4v) is 2.49. The van der Waals surface area contributed by atoms with Crippen LogP contribution >= 0.6 is 0 Å². The van der Waals surface area contributed by atoms with Gasteiger partial charge in [0.15, 0.2) is 12.6 Å². The van der Waals surface area contributed by atoms with Crippen molar-refractivity contribution < 1.29 is 55.1 Å². The lowest BCUT2D eigenvalue weighted by Crippen LogP contribution is -2.63. The Morgan fingerprint density at radius 2 is 0.913 bits per heavy atom. The fraction of sp³-hybridized carbons (Fsp3) is 1.00. The molecule has 0 radical (unpaired) electrons. The highest BCUT2D eigenvalue weighted by molar-refractivity contribution is 4.92. The van der Waals surface area contributed by atoms with Crippen LogP contribution in [-0.2, 0) is 14.2 Å². The van der Waals surface area contributed by atoms with Gasteiger partial charge in [-0.1, -0.05) is 0 Å². The van der Waals surface area contributed by atoms with Gasteiger partial charge in [-0.3, -0.25) is 0 Å². The van der Waals surface area contributed by atoms with Crippen LogP contribution in [0.25, 0.3) is 0 Å². The second kappa shape index (κ2) is 7.63. The Kier molecular flexibility index (Phi) is 6.27. The van der Waals surface area contributed by atoms with Crippen LogP contribution in [0.15, 0.2) is 0 Å². The topological polar surface area (TPSA) is 190 Å². The fourth-order valence-electron chi connectivity index (χ4n) is 2.49. The lowest BCUT2D eigenvalue weighted by atomic mass is 9.98. The molecule has 5 unspecified atom stereocenters. The molecule has 0 aromatic heterocycles. The third-order valence-corrected chi connectivity index (χ3v) is 3.97. The standard InChI is InChI=1S/C12H22O11/c13-1-3-5(15)7(17)9(19)11(21-3)23-12-10(20)8(18)6(16)4(2-14)22-12/h3-20H,1-2H2/t3?,4?,5-,6-,7+,8?,9?,10?,11+,12+/m1/s1. The van der Waals surface area contributed by atoms with Crippen LogP contribution in [0.4, 0.5) is 0 Å². The van der Waals surface area contributed by atoms with Crippen molar-refractivity contribution >= 4 is 0 Å². The molecule has 0 bridgehead atoms. The van der Waals surface area contributed by atoms with Gasteiger partial charge in [-0.05, 0) is 0 Å². The molecule has 2 rings (SSSR count). The number of aliphatic hydroxyl groups excluding tert-OH is 8. The molecule has 10 atom stereocenters. The van der Waals surface area contributed by atoms with Crippen LogP contribution in [0.1, 0.15) is 0 Å². The van der Waals surface area contributed by atoms with Gasteiger partial charge in [0.2, 0.25) is 0 Å². The summed E-state index contributed by atoms with van der Waals surface area (Å²) in [4.78, 5) is 0. The smallest absolute Gasteiger partial charge is 0.189 e. The maximum absolute atomic E-state index is 9.84. The van der Waals surface area contributed by atoms with Crippen molar-refractivity contribution in [1.29, 1.82) is 0 Å². The first-order valence-corrected chi connectivity index (χ1v) is 7.08. The Morgan fingerprint density at radius 1 is 0.565 bits per heavy atom. The highest BCUT2D eigenvalue weighted by Crippen LogP contribution is 2.27. The summed E-state index contributed by atoms with van der Waals surface area (Å²) in [6.07, 6.45) is -15.6. The molecule has 2 heterocycles. The maximum atomic E-state index is 9.84. The van der Waals surface area contributed by atoms with Crippen LogP contribution < -0.4 is 0 Å². The van der Waals surface area contributed by atoms with E-state index in [2.05, 4.69) is 0 Å². The molecule has 0 aromatic carbocycles. The largest absolute Gasteiger partial charge is 0.394 e. The molecule has 2 aliphatic heterocycles. The number of hydrogen-bond acceptors (Lipinski definition) is 11. The molecule has 23 heavy (non-hydrogen) atoms. The molecule has 11 heteroatoms. The molecule has 136 valence electrons. The summed E-state index contributed by atoms with van der Waals surface area (Å²) in [6.45, 7) is -1.33. The third kappa shape index (κ3) is 3.65. The van der Waals surface area contributed by atoms with Crippen LogP contribution in [-0.4, -0.2) is 115 Å². The number of hydrogen-bond donors (Lipinski definition) is 8. The van der Waals surface area contributed by atoms with Crippen molar-refractivity contribution in [3.05, 3.63) is 0 Å². The average molecular weight is 342 g/mol. The lowest BCUT2D eigenvalue weighted by molar-refractivity contribution is -0.376. The first kappa shape index (κ1) is 18.9. The summed E-state index contributed by atoms with van der Waals surface area (Å²) in [5.74, 6) is 0. The van der Waals surface area contributed by atoms with Gasteiger partial charge < -0.3 is 55.1 Å². The van der Waals surface area contributed by atoms with Gasteiger partial charge in [0, 0.05) is 0 Å². The normalized spacial score (nSPS) is 51.7. The van der Waals surface area contributed by atoms with Crippen LogP contribution in [0.5, 0.6) is 0 Å². The molecule has 0 amide bonds. The van der Waals surface area contributed by atoms with Gasteiger partial charge in [0.1, 0.15) is 48.8 Å². The molecule has 0 aromatic rings. The minimum Gasteiger partial charge on any atom is -0.394 e. The van der Waals surface area contributed by atoms with E-state index < -0.39 is 74.6 Å². The molecule has 2 saturated heterocycles. The Labute approximate surface area is 130 Å². The summed E-state index contributed by atoms with van der Waals surface area (Å²) >= 11 is 0. The minimum atomic E-state index is -1.72. The predicted molar refractivity (Wildman–Crippen MR) is 68.6 cm³/mol. The van der Waals surface area contributed by atoms with Crippen LogP contribution in [0.2, 0.25) is 0 Å². The van der Waals surface area contributed by atoms with Gasteiger partial charge in [0.25, 0.3) is 0 Å². The van der Waals surface area contributed by atoms with Gasteiger partial charge in [-0.15, -0.1) is 0 Å². The molecular weight excluding hydrogens is 320 g/mol. The molecular formula is C12H22O11. The predicted octanol–water partition coefficient (Wildman–Crippen LogP) is -5.40. The Morgan fingerprint density at radius 3 is 1.22 bits per heavy atom. The van der Waals surface area contributed by atoms with Crippen molar-refractivity contribution in [2.45, 2.75) is 61.4 Å². The zero-order valence-corrected chi connectivity index (χ0v) is 12.0. The van der Waals surface area contributed by atoms with E-state index in [4.69, 9.17) is 24.4 Å². The first-order chi connectivity index (χ1) is 10.8. The Hall–Kier alpha value is -0.440. The number of aliphatic hydroxyl groups is 8. The number of rotatable bonds is 4. The summed E-state index contributed by atoms with van der Waals surface area (Å²) in [7, 11) is 0. The molecule has 0 saturated carbocycles. The summed E-state index contributed by atoms with van der Waals surface area (Å²) in [6, 6.07) is 0. The van der Waals surface area contributed by atoms with Crippen molar-refractivity contribution in [2.24, 2.45) is 0 Å². The second-order valence-corrected chi connectivity index (χ2v) is 5.53. The maximum Gasteiger partial charge on any atom is 0.189 e. The number of ether oxygens (including phenoxy) is 3. The summed E-state index contributed by atoms with van der Waals surface area (Å²) < 4.78 is 15.3. The summed E-state index contributed by atoms with van der Waals surface area (Å²) in [5, 5.41) is 76.4. The van der Waals surface area contributed by atoms with E-state index >= 15 is 0 Å². The quantitative estimate of drug-likeness (QED) is 0.243. The van der Waals surface area contributed by atoms with E-state index in [1.807, 2.05) is 0 Å². The molecule has 2 aliphatic rings. The van der Waals surface area contributed by atoms with Gasteiger partial charge >= 0.3 is 0 Å². The van der Waals surface area contributed by atoms with E-state index in [1.54, 1.807) is 0 Å². The van der Waals surface area contributed by atoms with E-state index in [0.29, 0.717) is 0 Å². The SMILES string of the molecule is OCC1O[C@@H](O[C@@H]2OC(CO)[C@@H](O)[C@H](O)C2O)C(O)C(O)[C@@H]1O. The van der Waals surface area contributed by atoms with E-state index in [0.717, 1.165) is 0 Å². The van der Waals surface area contributed by atoms with E-state index in [-0.39, 0.29) is 0 Å². The van der Waals surface area contributed by atoms with Crippen molar-refractivity contribution in [3.8, 4) is 0 Å². The first-order valence-electron chi connectivity index (χ1n) is 7.08. The zero-order valence-electron chi connectivity index (χ0n) is 12.0. The zero-order chi connectivity index (χ0) is 17.3. The van der Waals surface area contributed by atoms with Crippen molar-refractivity contribution in [2.75, 3.05) is 13.2 Å². The van der Waals surface area contributed by atoms with Gasteiger partial charge in [0.05, 0.1) is 13.2 Å². The molecule has 8 N–H and O–H groups in total. The second-order valence-electron chi connectivity index (χ2n) is 5.53. The highest BCUT2D eigenvalue weighted by Gasteiger charge is 2.49. The summed E-state index contributed by atoms with van der Waals surface area (Å²) in [5.41, 5.74) is 0. The monoisotopic (exact) mass is 342 g/mol. The average Bonchev–Trinajstić information content (AvgIpc) is 2.55. The lowest BCUT2D eigenvalue weighted by Gasteiger charge is -2.44. The third-order valence-electron chi connectivity index (χ3n) is 3.97. The van der Waals surface area contributed by atoms with E-state index in [1.165, 1.54) is 0 Å². The highest BCUT2D eigenvalue weighted by atomic mass is 16.8. The molecule has 11 nitrogen and oxygen atoms in total. The Balaban J connectivity index is 2.07. The van der Waals surface area contributed by atoms with Crippen molar-refractivity contribution in [3.63, 3.8) is 0 Å². The minimum absolute atomic E-state index is 0.667. The Bertz CT molecular complexity index is 344. The van der Waals surface area contributed by atoms with E-state index in [9.17, 15) is 30.6 Å². The molecule has 0 aliphatic carbocycles. The van der Waals surface area contributed by atoms with Crippen molar-refractivity contribution in [1.82, 2.24) is 0 Å². The molecule has 0 spiro atoms.